The fourth-order valence-electron chi connectivity index (χ4n) is 2.35. The molecule has 0 bridgehead atoms. The zero-order chi connectivity index (χ0) is 15.8. The van der Waals surface area contributed by atoms with E-state index >= 15 is 0 Å². The van der Waals surface area contributed by atoms with Crippen LogP contribution in [0.3, 0.4) is 0 Å². The smallest absolute Gasteiger partial charge is 0.260 e. The van der Waals surface area contributed by atoms with Gasteiger partial charge in [-0.3, -0.25) is 4.79 Å². The van der Waals surface area contributed by atoms with Gasteiger partial charge >= 0.3 is 0 Å². The molecule has 0 spiro atoms. The van der Waals surface area contributed by atoms with Crippen molar-refractivity contribution >= 4 is 5.91 Å². The summed E-state index contributed by atoms with van der Waals surface area (Å²) in [6.45, 7) is 5.44. The molecule has 2 aromatic rings. The van der Waals surface area contributed by atoms with Crippen LogP contribution in [-0.4, -0.2) is 24.0 Å². The summed E-state index contributed by atoms with van der Waals surface area (Å²) in [4.78, 5) is 14.2. The highest BCUT2D eigenvalue weighted by Crippen LogP contribution is 2.18. The Hall–Kier alpha value is -2.29. The van der Waals surface area contributed by atoms with Gasteiger partial charge in [0.05, 0.1) is 0 Å². The van der Waals surface area contributed by atoms with E-state index in [2.05, 4.69) is 6.92 Å². The molecule has 0 unspecified atom stereocenters. The van der Waals surface area contributed by atoms with Gasteiger partial charge in [-0.2, -0.15) is 0 Å². The van der Waals surface area contributed by atoms with Crippen LogP contribution in [0.1, 0.15) is 25.0 Å². The molecule has 0 aliphatic heterocycles. The molecule has 0 saturated carbocycles. The second-order valence-electron chi connectivity index (χ2n) is 5.14. The van der Waals surface area contributed by atoms with Crippen molar-refractivity contribution in [3.8, 4) is 5.75 Å². The number of hydrogen-bond acceptors (Lipinski definition) is 2. The standard InChI is InChI=1S/C19H23NO2/c1-3-17-12-8-9-13-18(17)22-15-19(21)20(4-2)14-16-10-6-5-7-11-16/h5-13H,3-4,14-15H2,1-2H3. The maximum Gasteiger partial charge on any atom is 0.260 e. The third kappa shape index (κ3) is 4.35. The topological polar surface area (TPSA) is 29.5 Å². The average Bonchev–Trinajstić information content (AvgIpc) is 2.58. The number of nitrogens with zero attached hydrogens (tertiary/aromatic N) is 1. The molecule has 0 heterocycles. The normalized spacial score (nSPS) is 10.3. The maximum atomic E-state index is 12.4. The van der Waals surface area contributed by atoms with Gasteiger partial charge in [0.15, 0.2) is 6.61 Å². The quantitative estimate of drug-likeness (QED) is 0.780. The molecular weight excluding hydrogens is 274 g/mol. The Labute approximate surface area is 132 Å². The van der Waals surface area contributed by atoms with Gasteiger partial charge in [0.2, 0.25) is 0 Å². The van der Waals surface area contributed by atoms with Gasteiger partial charge < -0.3 is 9.64 Å². The Kier molecular flexibility index (Phi) is 6.01. The average molecular weight is 297 g/mol. The van der Waals surface area contributed by atoms with Crippen molar-refractivity contribution in [3.63, 3.8) is 0 Å². The van der Waals surface area contributed by atoms with E-state index in [0.29, 0.717) is 13.1 Å². The van der Waals surface area contributed by atoms with Crippen molar-refractivity contribution in [1.82, 2.24) is 4.90 Å². The third-order valence-electron chi connectivity index (χ3n) is 3.66. The number of hydrogen-bond donors (Lipinski definition) is 0. The molecule has 0 aromatic heterocycles. The molecule has 0 radical (unpaired) electrons. The van der Waals surface area contributed by atoms with E-state index in [1.807, 2.05) is 66.4 Å². The van der Waals surface area contributed by atoms with Crippen LogP contribution in [0.5, 0.6) is 5.75 Å². The van der Waals surface area contributed by atoms with E-state index in [4.69, 9.17) is 4.74 Å². The Bertz CT molecular complexity index is 595. The lowest BCUT2D eigenvalue weighted by atomic mass is 10.1. The van der Waals surface area contributed by atoms with Crippen molar-refractivity contribution in [2.75, 3.05) is 13.2 Å². The number of likely N-dealkylation sites (N-methyl/N-ethyl adjacent to an activating group) is 1. The first-order chi connectivity index (χ1) is 10.7. The van der Waals surface area contributed by atoms with E-state index in [9.17, 15) is 4.79 Å². The summed E-state index contributed by atoms with van der Waals surface area (Å²) in [5.74, 6) is 0.811. The van der Waals surface area contributed by atoms with Crippen molar-refractivity contribution in [2.45, 2.75) is 26.8 Å². The highest BCUT2D eigenvalue weighted by molar-refractivity contribution is 5.77. The molecule has 2 aromatic carbocycles. The molecule has 0 aliphatic carbocycles. The van der Waals surface area contributed by atoms with E-state index in [1.165, 1.54) is 0 Å². The number of rotatable bonds is 7. The van der Waals surface area contributed by atoms with E-state index in [0.717, 1.165) is 23.3 Å². The minimum Gasteiger partial charge on any atom is -0.483 e. The maximum absolute atomic E-state index is 12.4. The number of para-hydroxylation sites is 1. The fourth-order valence-corrected chi connectivity index (χ4v) is 2.35. The number of benzene rings is 2. The molecule has 22 heavy (non-hydrogen) atoms. The van der Waals surface area contributed by atoms with Gasteiger partial charge in [0.25, 0.3) is 5.91 Å². The van der Waals surface area contributed by atoms with Gasteiger partial charge in [-0.25, -0.2) is 0 Å². The minimum absolute atomic E-state index is 0.0114. The van der Waals surface area contributed by atoms with E-state index in [-0.39, 0.29) is 12.5 Å². The molecule has 2 rings (SSSR count). The van der Waals surface area contributed by atoms with E-state index < -0.39 is 0 Å². The lowest BCUT2D eigenvalue weighted by Crippen LogP contribution is -2.34. The van der Waals surface area contributed by atoms with Gasteiger partial charge in [0.1, 0.15) is 5.75 Å². The van der Waals surface area contributed by atoms with Crippen LogP contribution < -0.4 is 4.74 Å². The van der Waals surface area contributed by atoms with Gasteiger partial charge in [-0.1, -0.05) is 55.5 Å². The SMILES string of the molecule is CCc1ccccc1OCC(=O)N(CC)Cc1ccccc1. The minimum atomic E-state index is 0.0114. The first-order valence-electron chi connectivity index (χ1n) is 7.77. The Morgan fingerprint density at radius 3 is 2.36 bits per heavy atom. The fraction of sp³-hybridized carbons (Fsp3) is 0.316. The first-order valence-corrected chi connectivity index (χ1v) is 7.77. The van der Waals surface area contributed by atoms with Crippen LogP contribution in [0.2, 0.25) is 0 Å². The largest absolute Gasteiger partial charge is 0.483 e. The molecule has 3 nitrogen and oxygen atoms in total. The lowest BCUT2D eigenvalue weighted by molar-refractivity contribution is -0.133. The first kappa shape index (κ1) is 16.1. The van der Waals surface area contributed by atoms with E-state index in [1.54, 1.807) is 0 Å². The Balaban J connectivity index is 1.95. The van der Waals surface area contributed by atoms with Crippen LogP contribution in [-0.2, 0) is 17.8 Å². The summed E-state index contributed by atoms with van der Waals surface area (Å²) in [5, 5.41) is 0. The summed E-state index contributed by atoms with van der Waals surface area (Å²) in [5.41, 5.74) is 2.26. The molecule has 0 atom stereocenters. The Morgan fingerprint density at radius 2 is 1.68 bits per heavy atom. The molecule has 0 aliphatic rings. The summed E-state index contributed by atoms with van der Waals surface area (Å²) in [6, 6.07) is 17.9. The highest BCUT2D eigenvalue weighted by Gasteiger charge is 2.13. The summed E-state index contributed by atoms with van der Waals surface area (Å²) < 4.78 is 5.72. The third-order valence-corrected chi connectivity index (χ3v) is 3.66. The molecule has 1 amide bonds. The second kappa shape index (κ2) is 8.23. The van der Waals surface area contributed by atoms with Crippen LogP contribution >= 0.6 is 0 Å². The molecule has 0 N–H and O–H groups in total. The van der Waals surface area contributed by atoms with Crippen molar-refractivity contribution in [3.05, 3.63) is 65.7 Å². The number of ether oxygens (including phenoxy) is 1. The van der Waals surface area contributed by atoms with Crippen LogP contribution in [0.25, 0.3) is 0 Å². The zero-order valence-corrected chi connectivity index (χ0v) is 13.3. The number of carbonyl (C=O) groups is 1. The van der Waals surface area contributed by atoms with Gasteiger partial charge in [-0.15, -0.1) is 0 Å². The lowest BCUT2D eigenvalue weighted by Gasteiger charge is -2.21. The number of aryl methyl sites for hydroxylation is 1. The highest BCUT2D eigenvalue weighted by atomic mass is 16.5. The molecule has 3 heteroatoms. The van der Waals surface area contributed by atoms with Crippen molar-refractivity contribution in [1.29, 1.82) is 0 Å². The summed E-state index contributed by atoms with van der Waals surface area (Å²) in [7, 11) is 0. The Morgan fingerprint density at radius 1 is 1.00 bits per heavy atom. The zero-order valence-electron chi connectivity index (χ0n) is 13.3. The van der Waals surface area contributed by atoms with Crippen LogP contribution in [0, 0.1) is 0 Å². The number of carbonyl (C=O) groups excluding carboxylic acids is 1. The summed E-state index contributed by atoms with van der Waals surface area (Å²) >= 11 is 0. The molecule has 0 fully saturated rings. The predicted molar refractivity (Wildman–Crippen MR) is 88.8 cm³/mol. The van der Waals surface area contributed by atoms with Crippen LogP contribution in [0.4, 0.5) is 0 Å². The summed E-state index contributed by atoms with van der Waals surface area (Å²) in [6.07, 6.45) is 0.895. The van der Waals surface area contributed by atoms with Crippen molar-refractivity contribution < 1.29 is 9.53 Å². The second-order valence-corrected chi connectivity index (χ2v) is 5.14. The molecular formula is C19H23NO2. The van der Waals surface area contributed by atoms with Crippen molar-refractivity contribution in [2.24, 2.45) is 0 Å². The van der Waals surface area contributed by atoms with Crippen LogP contribution in [0.15, 0.2) is 54.6 Å². The number of amides is 1. The molecule has 116 valence electrons. The molecule has 0 saturated heterocycles. The predicted octanol–water partition coefficient (Wildman–Crippen LogP) is 3.68. The van der Waals surface area contributed by atoms with Gasteiger partial charge in [-0.05, 0) is 30.5 Å². The monoisotopic (exact) mass is 297 g/mol. The van der Waals surface area contributed by atoms with Gasteiger partial charge in [0, 0.05) is 13.1 Å².